The molecule has 0 aliphatic carbocycles. The van der Waals surface area contributed by atoms with Crippen molar-refractivity contribution in [3.63, 3.8) is 0 Å². The average molecular weight is 441 g/mol. The first-order chi connectivity index (χ1) is 13.7. The lowest BCUT2D eigenvalue weighted by molar-refractivity contribution is -0.362. The van der Waals surface area contributed by atoms with Gasteiger partial charge >= 0.3 is 0 Å². The minimum atomic E-state index is -1.70. The molecule has 29 heavy (non-hydrogen) atoms. The van der Waals surface area contributed by atoms with Crippen LogP contribution < -0.4 is 0 Å². The number of carbonyl (C=O) groups is 1. The summed E-state index contributed by atoms with van der Waals surface area (Å²) in [6.07, 6.45) is -5.80. The van der Waals surface area contributed by atoms with Crippen LogP contribution in [0.3, 0.4) is 0 Å². The van der Waals surface area contributed by atoms with Gasteiger partial charge in [-0.25, -0.2) is 0 Å². The fourth-order valence-electron chi connectivity index (χ4n) is 3.77. The number of aliphatic hydroxyl groups is 4. The van der Waals surface area contributed by atoms with Crippen molar-refractivity contribution in [2.45, 2.75) is 56.8 Å². The monoisotopic (exact) mass is 440 g/mol. The van der Waals surface area contributed by atoms with E-state index in [0.29, 0.717) is 20.9 Å². The Morgan fingerprint density at radius 2 is 2.00 bits per heavy atom. The summed E-state index contributed by atoms with van der Waals surface area (Å²) in [4.78, 5) is 14.1. The molecule has 9 heteroatoms. The number of halogens is 1. The minimum absolute atomic E-state index is 0.0707. The standard InChI is InChI=1S/C20H21ClO7S/c1-8(22)14-3-4-15(29-14)17(24)11-6-12-10(5-13(11)21)7-27-20(12)19(26)18(25)16(23)9(2)28-20/h3-6,8-9,16,18-19,22-23,25-26H,7H2,1-2H3/t8?,9-,16-,18+,19-,20+/m1/s1. The molecular formula is C20H21ClO7S. The van der Waals surface area contributed by atoms with E-state index in [1.165, 1.54) is 17.4 Å². The highest BCUT2D eigenvalue weighted by molar-refractivity contribution is 7.14. The molecule has 1 saturated heterocycles. The Morgan fingerprint density at radius 1 is 1.28 bits per heavy atom. The van der Waals surface area contributed by atoms with Crippen molar-refractivity contribution in [2.75, 3.05) is 0 Å². The molecule has 1 unspecified atom stereocenters. The summed E-state index contributed by atoms with van der Waals surface area (Å²) in [5, 5.41) is 40.8. The van der Waals surface area contributed by atoms with E-state index in [1.807, 2.05) is 0 Å². The molecule has 4 N–H and O–H groups in total. The molecule has 7 nitrogen and oxygen atoms in total. The molecule has 0 saturated carbocycles. The zero-order chi connectivity index (χ0) is 21.1. The number of hydrogen-bond acceptors (Lipinski definition) is 8. The summed E-state index contributed by atoms with van der Waals surface area (Å²) < 4.78 is 11.5. The molecule has 6 atom stereocenters. The van der Waals surface area contributed by atoms with E-state index in [1.54, 1.807) is 32.0 Å². The van der Waals surface area contributed by atoms with Gasteiger partial charge in [-0.05, 0) is 43.7 Å². The van der Waals surface area contributed by atoms with E-state index < -0.39 is 36.3 Å². The summed E-state index contributed by atoms with van der Waals surface area (Å²) in [5.41, 5.74) is 1.21. The van der Waals surface area contributed by atoms with Gasteiger partial charge in [0.2, 0.25) is 11.6 Å². The van der Waals surface area contributed by atoms with Gasteiger partial charge in [-0.2, -0.15) is 0 Å². The van der Waals surface area contributed by atoms with Gasteiger partial charge in [0.15, 0.2) is 0 Å². The van der Waals surface area contributed by atoms with Gasteiger partial charge in [0, 0.05) is 16.0 Å². The maximum Gasteiger partial charge on any atom is 0.225 e. The van der Waals surface area contributed by atoms with Gasteiger partial charge in [0.05, 0.1) is 28.7 Å². The summed E-state index contributed by atoms with van der Waals surface area (Å²) in [7, 11) is 0. The van der Waals surface area contributed by atoms with Crippen LogP contribution in [0.2, 0.25) is 5.02 Å². The van der Waals surface area contributed by atoms with Crippen molar-refractivity contribution in [1.29, 1.82) is 0 Å². The van der Waals surface area contributed by atoms with Gasteiger partial charge in [-0.3, -0.25) is 4.79 Å². The third kappa shape index (κ3) is 3.24. The molecule has 1 spiro atoms. The second-order valence-electron chi connectivity index (χ2n) is 7.40. The lowest BCUT2D eigenvalue weighted by Gasteiger charge is -2.45. The van der Waals surface area contributed by atoms with Crippen molar-refractivity contribution >= 4 is 28.7 Å². The van der Waals surface area contributed by atoms with Crippen LogP contribution in [0.1, 0.15) is 51.2 Å². The molecule has 2 aromatic rings. The van der Waals surface area contributed by atoms with Crippen molar-refractivity contribution in [3.05, 3.63) is 55.7 Å². The number of benzene rings is 1. The molecule has 2 aliphatic rings. The number of ether oxygens (including phenoxy) is 2. The lowest BCUT2D eigenvalue weighted by Crippen LogP contribution is -2.62. The Bertz CT molecular complexity index is 958. The number of fused-ring (bicyclic) bond motifs is 2. The van der Waals surface area contributed by atoms with Gasteiger partial charge in [0.25, 0.3) is 0 Å². The van der Waals surface area contributed by atoms with Crippen LogP contribution >= 0.6 is 22.9 Å². The molecule has 0 bridgehead atoms. The first-order valence-electron chi connectivity index (χ1n) is 9.17. The van der Waals surface area contributed by atoms with Gasteiger partial charge < -0.3 is 29.9 Å². The zero-order valence-corrected chi connectivity index (χ0v) is 17.3. The fourth-order valence-corrected chi connectivity index (χ4v) is 4.95. The largest absolute Gasteiger partial charge is 0.388 e. The molecule has 4 rings (SSSR count). The third-order valence-electron chi connectivity index (χ3n) is 5.42. The maximum atomic E-state index is 13.0. The number of aliphatic hydroxyl groups excluding tert-OH is 4. The third-order valence-corrected chi connectivity index (χ3v) is 6.99. The van der Waals surface area contributed by atoms with E-state index in [4.69, 9.17) is 21.1 Å². The molecule has 3 heterocycles. The molecule has 0 amide bonds. The number of rotatable bonds is 3. The van der Waals surface area contributed by atoms with Crippen molar-refractivity contribution in [2.24, 2.45) is 0 Å². The number of thiophene rings is 1. The van der Waals surface area contributed by atoms with Crippen LogP contribution in [0.5, 0.6) is 0 Å². The molecule has 156 valence electrons. The smallest absolute Gasteiger partial charge is 0.225 e. The summed E-state index contributed by atoms with van der Waals surface area (Å²) in [6.45, 7) is 3.25. The topological polar surface area (TPSA) is 116 Å². The quantitative estimate of drug-likeness (QED) is 0.538. The molecular weight excluding hydrogens is 420 g/mol. The first kappa shape index (κ1) is 20.9. The highest BCUT2D eigenvalue weighted by Gasteiger charge is 2.57. The molecule has 1 fully saturated rings. The van der Waals surface area contributed by atoms with Gasteiger partial charge in [-0.1, -0.05) is 11.6 Å². The SMILES string of the molecule is CC(O)c1ccc(C(=O)c2cc3c(cc2Cl)CO[C@]32O[C@H](C)[C@@H](O)[C@H](O)[C@H]2O)s1. The Kier molecular flexibility index (Phi) is 5.33. The maximum absolute atomic E-state index is 13.0. The molecule has 2 aliphatic heterocycles. The normalized spacial score (nSPS) is 32.4. The Hall–Kier alpha value is -1.36. The van der Waals surface area contributed by atoms with E-state index in [0.717, 1.165) is 0 Å². The molecule has 0 radical (unpaired) electrons. The average Bonchev–Trinajstić information content (AvgIpc) is 3.30. The van der Waals surface area contributed by atoms with Crippen molar-refractivity contribution in [3.8, 4) is 0 Å². The van der Waals surface area contributed by atoms with Crippen LogP contribution in [-0.4, -0.2) is 50.6 Å². The predicted octanol–water partition coefficient (Wildman–Crippen LogP) is 1.87. The zero-order valence-electron chi connectivity index (χ0n) is 15.7. The predicted molar refractivity (Wildman–Crippen MR) is 105 cm³/mol. The van der Waals surface area contributed by atoms with Crippen molar-refractivity contribution in [1.82, 2.24) is 0 Å². The highest BCUT2D eigenvalue weighted by Crippen LogP contribution is 2.47. The Labute approximate surface area is 176 Å². The van der Waals surface area contributed by atoms with E-state index in [2.05, 4.69) is 0 Å². The number of carbonyl (C=O) groups excluding carboxylic acids is 1. The van der Waals surface area contributed by atoms with Crippen LogP contribution in [0.15, 0.2) is 24.3 Å². The molecule has 1 aromatic heterocycles. The summed E-state index contributed by atoms with van der Waals surface area (Å²) in [5.74, 6) is -2.04. The lowest BCUT2D eigenvalue weighted by atomic mass is 9.87. The fraction of sp³-hybridized carbons (Fsp3) is 0.450. The van der Waals surface area contributed by atoms with E-state index >= 15 is 0 Å². The number of hydrogen-bond donors (Lipinski definition) is 4. The number of ketones is 1. The van der Waals surface area contributed by atoms with Crippen LogP contribution in [0, 0.1) is 0 Å². The molecule has 1 aromatic carbocycles. The highest BCUT2D eigenvalue weighted by atomic mass is 35.5. The van der Waals surface area contributed by atoms with Gasteiger partial charge in [0.1, 0.15) is 18.3 Å². The summed E-state index contributed by atoms with van der Waals surface area (Å²) in [6, 6.07) is 6.40. The first-order valence-corrected chi connectivity index (χ1v) is 10.4. The Morgan fingerprint density at radius 3 is 2.66 bits per heavy atom. The summed E-state index contributed by atoms with van der Waals surface area (Å²) >= 11 is 7.52. The van der Waals surface area contributed by atoms with Crippen LogP contribution in [0.25, 0.3) is 0 Å². The van der Waals surface area contributed by atoms with Crippen molar-refractivity contribution < 1.29 is 34.7 Å². The van der Waals surface area contributed by atoms with Crippen LogP contribution in [0.4, 0.5) is 0 Å². The second kappa shape index (κ2) is 7.40. The second-order valence-corrected chi connectivity index (χ2v) is 8.92. The van der Waals surface area contributed by atoms with Crippen LogP contribution in [-0.2, 0) is 21.9 Å². The van der Waals surface area contributed by atoms with E-state index in [-0.39, 0.29) is 23.0 Å². The Balaban J connectivity index is 1.77. The van der Waals surface area contributed by atoms with Gasteiger partial charge in [-0.15, -0.1) is 11.3 Å². The van der Waals surface area contributed by atoms with E-state index in [9.17, 15) is 25.2 Å². The minimum Gasteiger partial charge on any atom is -0.388 e.